The Balaban J connectivity index is 1.33. The van der Waals surface area contributed by atoms with Crippen molar-refractivity contribution in [2.45, 2.75) is 20.8 Å². The highest BCUT2D eigenvalue weighted by Crippen LogP contribution is 2.24. The van der Waals surface area contributed by atoms with Gasteiger partial charge in [-0.05, 0) is 62.2 Å². The van der Waals surface area contributed by atoms with E-state index in [1.807, 2.05) is 74.2 Å². The maximum atomic E-state index is 12.7. The molecule has 172 valence electrons. The Bertz CT molecular complexity index is 1090. The Morgan fingerprint density at radius 3 is 2.45 bits per heavy atom. The summed E-state index contributed by atoms with van der Waals surface area (Å²) >= 11 is 0. The highest BCUT2D eigenvalue weighted by molar-refractivity contribution is 5.78. The first-order valence-corrected chi connectivity index (χ1v) is 11.3. The topological polar surface area (TPSA) is 67.8 Å². The molecule has 0 N–H and O–H groups in total. The number of amides is 1. The minimum atomic E-state index is 0.00770. The van der Waals surface area contributed by atoms with E-state index >= 15 is 0 Å². The first-order chi connectivity index (χ1) is 16.0. The summed E-state index contributed by atoms with van der Waals surface area (Å²) in [5, 5.41) is 0. The standard InChI is InChI=1S/C26H30N4O3/c1-4-32-22-10-8-21(9-11-22)23-16-25(28-18-27-23)29-12-14-30(15-13-29)26(31)17-33-24-7-5-6-19(2)20(24)3/h5-11,16,18H,4,12-15,17H2,1-3H3. The second-order valence-corrected chi connectivity index (χ2v) is 8.07. The van der Waals surface area contributed by atoms with Gasteiger partial charge in [-0.25, -0.2) is 9.97 Å². The minimum absolute atomic E-state index is 0.00770. The smallest absolute Gasteiger partial charge is 0.260 e. The van der Waals surface area contributed by atoms with Crippen LogP contribution in [0.2, 0.25) is 0 Å². The average Bonchev–Trinajstić information content (AvgIpc) is 2.85. The number of benzene rings is 2. The first kappa shape index (κ1) is 22.6. The fraction of sp³-hybridized carbons (Fsp3) is 0.346. The zero-order chi connectivity index (χ0) is 23.2. The normalized spacial score (nSPS) is 13.7. The van der Waals surface area contributed by atoms with Gasteiger partial charge in [0.15, 0.2) is 6.61 Å². The zero-order valence-electron chi connectivity index (χ0n) is 19.5. The molecule has 1 aliphatic rings. The molecule has 1 aromatic heterocycles. The second-order valence-electron chi connectivity index (χ2n) is 8.07. The Labute approximate surface area is 195 Å². The van der Waals surface area contributed by atoms with Crippen molar-refractivity contribution in [2.24, 2.45) is 0 Å². The van der Waals surface area contributed by atoms with Gasteiger partial charge < -0.3 is 19.3 Å². The molecule has 1 amide bonds. The van der Waals surface area contributed by atoms with Crippen molar-refractivity contribution in [1.29, 1.82) is 0 Å². The second kappa shape index (κ2) is 10.3. The Morgan fingerprint density at radius 2 is 1.73 bits per heavy atom. The largest absolute Gasteiger partial charge is 0.494 e. The monoisotopic (exact) mass is 446 g/mol. The molecule has 2 aromatic carbocycles. The van der Waals surface area contributed by atoms with E-state index in [0.29, 0.717) is 19.7 Å². The summed E-state index contributed by atoms with van der Waals surface area (Å²) in [6.07, 6.45) is 1.59. The van der Waals surface area contributed by atoms with Crippen LogP contribution in [0.1, 0.15) is 18.1 Å². The maximum absolute atomic E-state index is 12.7. The molecule has 7 nitrogen and oxygen atoms in total. The Kier molecular flexibility index (Phi) is 7.07. The van der Waals surface area contributed by atoms with Gasteiger partial charge in [0.05, 0.1) is 12.3 Å². The molecule has 0 radical (unpaired) electrons. The van der Waals surface area contributed by atoms with Crippen molar-refractivity contribution >= 4 is 11.7 Å². The fourth-order valence-electron chi connectivity index (χ4n) is 3.86. The summed E-state index contributed by atoms with van der Waals surface area (Å²) in [4.78, 5) is 25.6. The van der Waals surface area contributed by atoms with Crippen molar-refractivity contribution in [2.75, 3.05) is 44.3 Å². The summed E-state index contributed by atoms with van der Waals surface area (Å²) in [5.41, 5.74) is 4.10. The number of rotatable bonds is 7. The molecule has 2 heterocycles. The lowest BCUT2D eigenvalue weighted by Crippen LogP contribution is -2.50. The molecule has 0 spiro atoms. The van der Waals surface area contributed by atoms with E-state index < -0.39 is 0 Å². The summed E-state index contributed by atoms with van der Waals surface area (Å²) in [6.45, 7) is 9.42. The van der Waals surface area contributed by atoms with Crippen LogP contribution in [0, 0.1) is 13.8 Å². The summed E-state index contributed by atoms with van der Waals surface area (Å²) < 4.78 is 11.3. The summed E-state index contributed by atoms with van der Waals surface area (Å²) in [7, 11) is 0. The first-order valence-electron chi connectivity index (χ1n) is 11.3. The Hall–Kier alpha value is -3.61. The van der Waals surface area contributed by atoms with Crippen LogP contribution in [0.25, 0.3) is 11.3 Å². The molecule has 7 heteroatoms. The minimum Gasteiger partial charge on any atom is -0.494 e. The molecule has 0 unspecified atom stereocenters. The zero-order valence-corrected chi connectivity index (χ0v) is 19.5. The van der Waals surface area contributed by atoms with Crippen molar-refractivity contribution in [3.63, 3.8) is 0 Å². The van der Waals surface area contributed by atoms with Gasteiger partial charge in [0.25, 0.3) is 5.91 Å². The van der Waals surface area contributed by atoms with Crippen molar-refractivity contribution in [3.05, 3.63) is 66.0 Å². The van der Waals surface area contributed by atoms with Gasteiger partial charge in [0.1, 0.15) is 23.6 Å². The van der Waals surface area contributed by atoms with Gasteiger partial charge in [0, 0.05) is 37.8 Å². The van der Waals surface area contributed by atoms with Crippen LogP contribution in [-0.4, -0.2) is 60.2 Å². The third-order valence-electron chi connectivity index (χ3n) is 5.98. The van der Waals surface area contributed by atoms with E-state index in [4.69, 9.17) is 9.47 Å². The number of aromatic nitrogens is 2. The van der Waals surface area contributed by atoms with Crippen molar-refractivity contribution in [1.82, 2.24) is 14.9 Å². The van der Waals surface area contributed by atoms with Gasteiger partial charge in [-0.2, -0.15) is 0 Å². The van der Waals surface area contributed by atoms with Crippen LogP contribution < -0.4 is 14.4 Å². The molecule has 0 bridgehead atoms. The van der Waals surface area contributed by atoms with Gasteiger partial charge in [-0.3, -0.25) is 4.79 Å². The van der Waals surface area contributed by atoms with Crippen LogP contribution >= 0.6 is 0 Å². The number of hydrogen-bond acceptors (Lipinski definition) is 6. The predicted octanol–water partition coefficient (Wildman–Crippen LogP) is 3.89. The SMILES string of the molecule is CCOc1ccc(-c2cc(N3CCN(C(=O)COc4cccc(C)c4C)CC3)ncn2)cc1. The fourth-order valence-corrected chi connectivity index (χ4v) is 3.86. The summed E-state index contributed by atoms with van der Waals surface area (Å²) in [6, 6.07) is 15.8. The highest BCUT2D eigenvalue weighted by Gasteiger charge is 2.23. The number of anilines is 1. The third-order valence-corrected chi connectivity index (χ3v) is 5.98. The number of carbonyl (C=O) groups is 1. The number of nitrogens with zero attached hydrogens (tertiary/aromatic N) is 4. The van der Waals surface area contributed by atoms with Crippen LogP contribution in [0.3, 0.4) is 0 Å². The molecule has 4 rings (SSSR count). The van der Waals surface area contributed by atoms with E-state index in [9.17, 15) is 4.79 Å². The van der Waals surface area contributed by atoms with Gasteiger partial charge in [-0.15, -0.1) is 0 Å². The highest BCUT2D eigenvalue weighted by atomic mass is 16.5. The molecule has 0 atom stereocenters. The van der Waals surface area contributed by atoms with Gasteiger partial charge in [-0.1, -0.05) is 12.1 Å². The molecule has 3 aromatic rings. The lowest BCUT2D eigenvalue weighted by atomic mass is 10.1. The molecular formula is C26H30N4O3. The maximum Gasteiger partial charge on any atom is 0.260 e. The van der Waals surface area contributed by atoms with Crippen molar-refractivity contribution < 1.29 is 14.3 Å². The number of aryl methyl sites for hydroxylation is 1. The quantitative estimate of drug-likeness (QED) is 0.549. The molecule has 0 saturated carbocycles. The molecule has 1 aliphatic heterocycles. The average molecular weight is 447 g/mol. The van der Waals surface area contributed by atoms with E-state index in [2.05, 4.69) is 14.9 Å². The van der Waals surface area contributed by atoms with E-state index in [0.717, 1.165) is 52.8 Å². The lowest BCUT2D eigenvalue weighted by Gasteiger charge is -2.35. The van der Waals surface area contributed by atoms with Gasteiger partial charge in [0.2, 0.25) is 0 Å². The number of hydrogen-bond donors (Lipinski definition) is 0. The summed E-state index contributed by atoms with van der Waals surface area (Å²) in [5.74, 6) is 2.49. The van der Waals surface area contributed by atoms with Crippen molar-refractivity contribution in [3.8, 4) is 22.8 Å². The molecule has 1 saturated heterocycles. The number of carbonyl (C=O) groups excluding carboxylic acids is 1. The van der Waals surface area contributed by atoms with Crippen LogP contribution in [-0.2, 0) is 4.79 Å². The Morgan fingerprint density at radius 1 is 0.970 bits per heavy atom. The van der Waals surface area contributed by atoms with E-state index in [1.165, 1.54) is 0 Å². The van der Waals surface area contributed by atoms with Crippen LogP contribution in [0.5, 0.6) is 11.5 Å². The van der Waals surface area contributed by atoms with E-state index in [-0.39, 0.29) is 12.5 Å². The lowest BCUT2D eigenvalue weighted by molar-refractivity contribution is -0.133. The number of piperazine rings is 1. The molecule has 33 heavy (non-hydrogen) atoms. The number of ether oxygens (including phenoxy) is 2. The molecule has 0 aliphatic carbocycles. The molecule has 1 fully saturated rings. The third kappa shape index (κ3) is 5.42. The van der Waals surface area contributed by atoms with Gasteiger partial charge >= 0.3 is 0 Å². The van der Waals surface area contributed by atoms with E-state index in [1.54, 1.807) is 6.33 Å². The predicted molar refractivity (Wildman–Crippen MR) is 129 cm³/mol. The van der Waals surface area contributed by atoms with Crippen LogP contribution in [0.15, 0.2) is 54.9 Å². The van der Waals surface area contributed by atoms with Crippen LogP contribution in [0.4, 0.5) is 5.82 Å². The molecular weight excluding hydrogens is 416 g/mol.